The fraction of sp³-hybridized carbons (Fsp3) is 0.435. The van der Waals surface area contributed by atoms with Gasteiger partial charge in [0, 0.05) is 43.1 Å². The van der Waals surface area contributed by atoms with E-state index in [2.05, 4.69) is 59.7 Å². The summed E-state index contributed by atoms with van der Waals surface area (Å²) in [6, 6.07) is 16.6. The summed E-state index contributed by atoms with van der Waals surface area (Å²) in [6.07, 6.45) is 4.37. The fourth-order valence-electron chi connectivity index (χ4n) is 3.59. The van der Waals surface area contributed by atoms with Crippen molar-refractivity contribution in [2.45, 2.75) is 45.4 Å². The molecule has 1 aliphatic rings. The van der Waals surface area contributed by atoms with Crippen LogP contribution in [0.2, 0.25) is 0 Å². The Bertz CT molecular complexity index is 734. The first-order chi connectivity index (χ1) is 13.1. The van der Waals surface area contributed by atoms with E-state index >= 15 is 0 Å². The van der Waals surface area contributed by atoms with Gasteiger partial charge in [-0.25, -0.2) is 0 Å². The summed E-state index contributed by atoms with van der Waals surface area (Å²) < 4.78 is 0. The normalized spacial score (nSPS) is 14.3. The number of anilines is 3. The Hall–Kier alpha value is -2.49. The van der Waals surface area contributed by atoms with E-state index in [0.717, 1.165) is 24.5 Å². The van der Waals surface area contributed by atoms with E-state index in [9.17, 15) is 4.79 Å². The molecule has 2 N–H and O–H groups in total. The van der Waals surface area contributed by atoms with Crippen molar-refractivity contribution in [1.29, 1.82) is 0 Å². The second kappa shape index (κ2) is 9.45. The van der Waals surface area contributed by atoms with Crippen LogP contribution in [0.5, 0.6) is 0 Å². The predicted octanol–water partition coefficient (Wildman–Crippen LogP) is 5.24. The average Bonchev–Trinajstić information content (AvgIpc) is 2.69. The standard InChI is InChI=1S/C23H31N3O/c1-18(2)21-8-4-5-9-22(21)25-23(27)14-15-24-19-10-12-20(13-11-19)26-16-6-3-7-17-26/h4-5,8-13,18,24H,3,6-7,14-17H2,1-2H3,(H,25,27). The Morgan fingerprint density at radius 1 is 1.00 bits per heavy atom. The molecule has 144 valence electrons. The molecule has 4 nitrogen and oxygen atoms in total. The molecule has 3 rings (SSSR count). The number of nitrogens with zero attached hydrogens (tertiary/aromatic N) is 1. The maximum Gasteiger partial charge on any atom is 0.226 e. The van der Waals surface area contributed by atoms with E-state index in [4.69, 9.17) is 0 Å². The van der Waals surface area contributed by atoms with Crippen LogP contribution in [0.4, 0.5) is 17.1 Å². The number of amides is 1. The smallest absolute Gasteiger partial charge is 0.226 e. The van der Waals surface area contributed by atoms with E-state index in [1.54, 1.807) is 0 Å². The highest BCUT2D eigenvalue weighted by Gasteiger charge is 2.11. The molecule has 1 saturated heterocycles. The molecule has 1 amide bonds. The Morgan fingerprint density at radius 3 is 2.41 bits per heavy atom. The minimum absolute atomic E-state index is 0.0422. The minimum Gasteiger partial charge on any atom is -0.385 e. The van der Waals surface area contributed by atoms with Gasteiger partial charge >= 0.3 is 0 Å². The Morgan fingerprint density at radius 2 is 1.70 bits per heavy atom. The van der Waals surface area contributed by atoms with Crippen molar-refractivity contribution < 1.29 is 4.79 Å². The maximum absolute atomic E-state index is 12.3. The van der Waals surface area contributed by atoms with Gasteiger partial charge in [-0.1, -0.05) is 32.0 Å². The first kappa shape index (κ1) is 19.3. The number of piperidine rings is 1. The number of hydrogen-bond donors (Lipinski definition) is 2. The topological polar surface area (TPSA) is 44.4 Å². The number of hydrogen-bond acceptors (Lipinski definition) is 3. The Balaban J connectivity index is 1.46. The number of carbonyl (C=O) groups excluding carboxylic acids is 1. The largest absolute Gasteiger partial charge is 0.385 e. The van der Waals surface area contributed by atoms with Crippen LogP contribution in [0.15, 0.2) is 48.5 Å². The van der Waals surface area contributed by atoms with E-state index in [1.807, 2.05) is 18.2 Å². The molecule has 0 atom stereocenters. The van der Waals surface area contributed by atoms with Crippen molar-refractivity contribution in [2.24, 2.45) is 0 Å². The van der Waals surface area contributed by atoms with E-state index < -0.39 is 0 Å². The SMILES string of the molecule is CC(C)c1ccccc1NC(=O)CCNc1ccc(N2CCCCC2)cc1. The number of benzene rings is 2. The summed E-state index contributed by atoms with van der Waals surface area (Å²) in [7, 11) is 0. The zero-order valence-corrected chi connectivity index (χ0v) is 16.5. The third-order valence-electron chi connectivity index (χ3n) is 5.13. The molecule has 0 saturated carbocycles. The summed E-state index contributed by atoms with van der Waals surface area (Å²) in [4.78, 5) is 14.7. The highest BCUT2D eigenvalue weighted by Crippen LogP contribution is 2.24. The van der Waals surface area contributed by atoms with Crippen LogP contribution >= 0.6 is 0 Å². The van der Waals surface area contributed by atoms with Gasteiger partial charge in [0.2, 0.25) is 5.91 Å². The van der Waals surface area contributed by atoms with Gasteiger partial charge in [-0.2, -0.15) is 0 Å². The molecule has 1 heterocycles. The molecule has 1 aliphatic heterocycles. The van der Waals surface area contributed by atoms with Gasteiger partial charge in [-0.05, 0) is 61.1 Å². The fourth-order valence-corrected chi connectivity index (χ4v) is 3.59. The average molecular weight is 366 g/mol. The van der Waals surface area contributed by atoms with Crippen LogP contribution in [0.1, 0.15) is 51.0 Å². The lowest BCUT2D eigenvalue weighted by Gasteiger charge is -2.28. The van der Waals surface area contributed by atoms with Crippen molar-refractivity contribution in [3.05, 3.63) is 54.1 Å². The van der Waals surface area contributed by atoms with Crippen molar-refractivity contribution in [1.82, 2.24) is 0 Å². The molecule has 0 radical (unpaired) electrons. The highest BCUT2D eigenvalue weighted by molar-refractivity contribution is 5.91. The second-order valence-electron chi connectivity index (χ2n) is 7.56. The summed E-state index contributed by atoms with van der Waals surface area (Å²) in [5.74, 6) is 0.429. The van der Waals surface area contributed by atoms with Crippen molar-refractivity contribution in [3.8, 4) is 0 Å². The van der Waals surface area contributed by atoms with Gasteiger partial charge in [-0.15, -0.1) is 0 Å². The van der Waals surface area contributed by atoms with Crippen LogP contribution in [0.3, 0.4) is 0 Å². The Kier molecular flexibility index (Phi) is 6.74. The summed E-state index contributed by atoms with van der Waals surface area (Å²) in [5, 5.41) is 6.39. The maximum atomic E-state index is 12.3. The lowest BCUT2D eigenvalue weighted by Crippen LogP contribution is -2.29. The van der Waals surface area contributed by atoms with E-state index in [0.29, 0.717) is 18.9 Å². The molecule has 1 fully saturated rings. The summed E-state index contributed by atoms with van der Waals surface area (Å²) >= 11 is 0. The van der Waals surface area contributed by atoms with Gasteiger partial charge in [0.15, 0.2) is 0 Å². The molecule has 27 heavy (non-hydrogen) atoms. The van der Waals surface area contributed by atoms with Crippen LogP contribution in [0.25, 0.3) is 0 Å². The quantitative estimate of drug-likeness (QED) is 0.705. The summed E-state index contributed by atoms with van der Waals surface area (Å²) in [6.45, 7) is 7.22. The minimum atomic E-state index is 0.0422. The third kappa shape index (κ3) is 5.49. The van der Waals surface area contributed by atoms with Gasteiger partial charge < -0.3 is 15.5 Å². The number of carbonyl (C=O) groups is 1. The molecule has 0 unspecified atom stereocenters. The monoisotopic (exact) mass is 365 g/mol. The lowest BCUT2D eigenvalue weighted by atomic mass is 10.0. The number of para-hydroxylation sites is 1. The van der Waals surface area contributed by atoms with Crippen LogP contribution in [-0.2, 0) is 4.79 Å². The van der Waals surface area contributed by atoms with E-state index in [1.165, 1.54) is 30.5 Å². The molecule has 0 spiro atoms. The molecule has 0 aliphatic carbocycles. The lowest BCUT2D eigenvalue weighted by molar-refractivity contribution is -0.115. The second-order valence-corrected chi connectivity index (χ2v) is 7.56. The van der Waals surface area contributed by atoms with Crippen LogP contribution in [0, 0.1) is 0 Å². The number of nitrogens with one attached hydrogen (secondary N) is 2. The molecular formula is C23H31N3O. The van der Waals surface area contributed by atoms with Gasteiger partial charge in [0.05, 0.1) is 0 Å². The highest BCUT2D eigenvalue weighted by atomic mass is 16.1. The van der Waals surface area contributed by atoms with Crippen molar-refractivity contribution in [3.63, 3.8) is 0 Å². The van der Waals surface area contributed by atoms with Crippen molar-refractivity contribution in [2.75, 3.05) is 35.2 Å². The predicted molar refractivity (Wildman–Crippen MR) is 115 cm³/mol. The van der Waals surface area contributed by atoms with Crippen LogP contribution < -0.4 is 15.5 Å². The molecule has 0 aromatic heterocycles. The summed E-state index contributed by atoms with van der Waals surface area (Å²) in [5.41, 5.74) is 4.45. The molecular weight excluding hydrogens is 334 g/mol. The van der Waals surface area contributed by atoms with Gasteiger partial charge in [0.25, 0.3) is 0 Å². The molecule has 0 bridgehead atoms. The van der Waals surface area contributed by atoms with Gasteiger partial charge in [0.1, 0.15) is 0 Å². The van der Waals surface area contributed by atoms with Crippen molar-refractivity contribution >= 4 is 23.0 Å². The Labute approximate surface area is 163 Å². The molecule has 2 aromatic carbocycles. The third-order valence-corrected chi connectivity index (χ3v) is 5.13. The van der Waals surface area contributed by atoms with Gasteiger partial charge in [-0.3, -0.25) is 4.79 Å². The van der Waals surface area contributed by atoms with E-state index in [-0.39, 0.29) is 5.91 Å². The zero-order chi connectivity index (χ0) is 19.1. The first-order valence-electron chi connectivity index (χ1n) is 10.1. The zero-order valence-electron chi connectivity index (χ0n) is 16.5. The first-order valence-corrected chi connectivity index (χ1v) is 10.1. The number of rotatable bonds is 7. The van der Waals surface area contributed by atoms with Crippen LogP contribution in [-0.4, -0.2) is 25.5 Å². The molecule has 2 aromatic rings. The molecule has 4 heteroatoms.